The van der Waals surface area contributed by atoms with Crippen molar-refractivity contribution in [3.05, 3.63) is 0 Å². The summed E-state index contributed by atoms with van der Waals surface area (Å²) in [4.78, 5) is 0. The fourth-order valence-electron chi connectivity index (χ4n) is 2.14. The summed E-state index contributed by atoms with van der Waals surface area (Å²) < 4.78 is 0. The molecule has 0 aromatic carbocycles. The molecular formula is C15H32. The summed E-state index contributed by atoms with van der Waals surface area (Å²) >= 11 is 0. The minimum Gasteiger partial charge on any atom is -0.0651 e. The molecule has 0 spiro atoms. The van der Waals surface area contributed by atoms with Crippen LogP contribution in [-0.4, -0.2) is 0 Å². The van der Waals surface area contributed by atoms with Crippen molar-refractivity contribution in [1.29, 1.82) is 0 Å². The molecule has 0 fully saturated rings. The molecule has 0 nitrogen and oxygen atoms in total. The Bertz CT molecular complexity index is 123. The van der Waals surface area contributed by atoms with E-state index >= 15 is 0 Å². The Balaban J connectivity index is 3.60. The number of hydrogen-bond acceptors (Lipinski definition) is 0. The van der Waals surface area contributed by atoms with Gasteiger partial charge in [-0.3, -0.25) is 0 Å². The lowest BCUT2D eigenvalue weighted by atomic mass is 9.85. The van der Waals surface area contributed by atoms with E-state index in [0.29, 0.717) is 0 Å². The molecule has 0 heteroatoms. The molecule has 0 saturated carbocycles. The van der Waals surface area contributed by atoms with Gasteiger partial charge in [0.1, 0.15) is 0 Å². The molecule has 0 rings (SSSR count). The average molecular weight is 212 g/mol. The smallest absolute Gasteiger partial charge is 0.0417 e. The molecule has 4 atom stereocenters. The minimum absolute atomic E-state index is 0.906. The second kappa shape index (κ2) is 8.19. The highest BCUT2D eigenvalue weighted by Crippen LogP contribution is 2.25. The Morgan fingerprint density at radius 1 is 0.600 bits per heavy atom. The van der Waals surface area contributed by atoms with Crippen molar-refractivity contribution < 1.29 is 0 Å². The lowest BCUT2D eigenvalue weighted by Gasteiger charge is -2.21. The van der Waals surface area contributed by atoms with E-state index in [9.17, 15) is 0 Å². The first kappa shape index (κ1) is 15.0. The van der Waals surface area contributed by atoms with Crippen molar-refractivity contribution in [3.8, 4) is 0 Å². The first-order valence-corrected chi connectivity index (χ1v) is 7.02. The molecule has 15 heavy (non-hydrogen) atoms. The zero-order valence-corrected chi connectivity index (χ0v) is 11.8. The van der Waals surface area contributed by atoms with E-state index in [0.717, 1.165) is 23.7 Å². The minimum atomic E-state index is 0.906. The molecule has 0 saturated heterocycles. The topological polar surface area (TPSA) is 0 Å². The molecule has 0 bridgehead atoms. The van der Waals surface area contributed by atoms with Gasteiger partial charge in [-0.05, 0) is 23.7 Å². The van der Waals surface area contributed by atoms with Gasteiger partial charge in [-0.1, -0.05) is 73.6 Å². The van der Waals surface area contributed by atoms with Gasteiger partial charge in [-0.25, -0.2) is 0 Å². The standard InChI is InChI=1S/C15H32/c1-7-12(3)14(5)10-9-11-15(6)13(4)8-2/h12-15H,7-11H2,1-6H3. The van der Waals surface area contributed by atoms with Crippen molar-refractivity contribution in [2.24, 2.45) is 23.7 Å². The van der Waals surface area contributed by atoms with Gasteiger partial charge in [0.15, 0.2) is 0 Å². The van der Waals surface area contributed by atoms with E-state index in [1.54, 1.807) is 0 Å². The Morgan fingerprint density at radius 3 is 1.20 bits per heavy atom. The Labute approximate surface area is 97.8 Å². The lowest BCUT2D eigenvalue weighted by Crippen LogP contribution is -2.10. The van der Waals surface area contributed by atoms with E-state index in [4.69, 9.17) is 0 Å². The van der Waals surface area contributed by atoms with Crippen LogP contribution in [-0.2, 0) is 0 Å². The molecule has 0 N–H and O–H groups in total. The van der Waals surface area contributed by atoms with Crippen LogP contribution in [0, 0.1) is 23.7 Å². The van der Waals surface area contributed by atoms with Gasteiger partial charge < -0.3 is 0 Å². The summed E-state index contributed by atoms with van der Waals surface area (Å²) in [5.41, 5.74) is 0. The van der Waals surface area contributed by atoms with Crippen LogP contribution < -0.4 is 0 Å². The maximum absolute atomic E-state index is 2.42. The third kappa shape index (κ3) is 6.22. The quantitative estimate of drug-likeness (QED) is 0.497. The van der Waals surface area contributed by atoms with Crippen LogP contribution >= 0.6 is 0 Å². The fourth-order valence-corrected chi connectivity index (χ4v) is 2.14. The van der Waals surface area contributed by atoms with Crippen LogP contribution in [0.2, 0.25) is 0 Å². The van der Waals surface area contributed by atoms with Crippen molar-refractivity contribution in [2.75, 3.05) is 0 Å². The average Bonchev–Trinajstić information content (AvgIpc) is 2.26. The van der Waals surface area contributed by atoms with E-state index in [1.165, 1.54) is 32.1 Å². The number of rotatable bonds is 8. The Morgan fingerprint density at radius 2 is 0.933 bits per heavy atom. The summed E-state index contributed by atoms with van der Waals surface area (Å²) in [6.07, 6.45) is 6.95. The molecule has 92 valence electrons. The highest BCUT2D eigenvalue weighted by molar-refractivity contribution is 4.64. The van der Waals surface area contributed by atoms with E-state index in [1.807, 2.05) is 0 Å². The van der Waals surface area contributed by atoms with Crippen molar-refractivity contribution >= 4 is 0 Å². The summed E-state index contributed by atoms with van der Waals surface area (Å²) in [6.45, 7) is 14.2. The Hall–Kier alpha value is 0. The van der Waals surface area contributed by atoms with Crippen LogP contribution in [0.3, 0.4) is 0 Å². The first-order valence-electron chi connectivity index (χ1n) is 7.02. The predicted octanol–water partition coefficient (Wildman–Crippen LogP) is 5.52. The molecule has 0 aromatic heterocycles. The second-order valence-corrected chi connectivity index (χ2v) is 5.66. The van der Waals surface area contributed by atoms with Crippen molar-refractivity contribution in [2.45, 2.75) is 73.6 Å². The van der Waals surface area contributed by atoms with Gasteiger partial charge in [0.25, 0.3) is 0 Å². The molecule has 0 aliphatic heterocycles. The maximum Gasteiger partial charge on any atom is -0.0417 e. The van der Waals surface area contributed by atoms with Gasteiger partial charge in [-0.2, -0.15) is 0 Å². The summed E-state index contributed by atoms with van der Waals surface area (Å²) in [5, 5.41) is 0. The van der Waals surface area contributed by atoms with Gasteiger partial charge in [0.05, 0.1) is 0 Å². The molecule has 4 unspecified atom stereocenters. The van der Waals surface area contributed by atoms with E-state index < -0.39 is 0 Å². The summed E-state index contributed by atoms with van der Waals surface area (Å²) in [6, 6.07) is 0. The van der Waals surface area contributed by atoms with Crippen LogP contribution in [0.5, 0.6) is 0 Å². The van der Waals surface area contributed by atoms with Crippen LogP contribution in [0.25, 0.3) is 0 Å². The second-order valence-electron chi connectivity index (χ2n) is 5.66. The maximum atomic E-state index is 2.42. The van der Waals surface area contributed by atoms with Crippen molar-refractivity contribution in [3.63, 3.8) is 0 Å². The largest absolute Gasteiger partial charge is 0.0651 e. The molecular weight excluding hydrogens is 180 g/mol. The van der Waals surface area contributed by atoms with Gasteiger partial charge in [0, 0.05) is 0 Å². The zero-order valence-electron chi connectivity index (χ0n) is 11.8. The van der Waals surface area contributed by atoms with Crippen LogP contribution in [0.4, 0.5) is 0 Å². The molecule has 0 heterocycles. The zero-order chi connectivity index (χ0) is 11.8. The third-order valence-electron chi connectivity index (χ3n) is 4.55. The van der Waals surface area contributed by atoms with Crippen LogP contribution in [0.15, 0.2) is 0 Å². The van der Waals surface area contributed by atoms with E-state index in [-0.39, 0.29) is 0 Å². The monoisotopic (exact) mass is 212 g/mol. The highest BCUT2D eigenvalue weighted by Gasteiger charge is 2.13. The first-order chi connectivity index (χ1) is 7.02. The van der Waals surface area contributed by atoms with Gasteiger partial charge in [0.2, 0.25) is 0 Å². The molecule has 0 aliphatic carbocycles. The van der Waals surface area contributed by atoms with E-state index in [2.05, 4.69) is 41.5 Å². The molecule has 0 aliphatic rings. The third-order valence-corrected chi connectivity index (χ3v) is 4.55. The molecule has 0 aromatic rings. The summed E-state index contributed by atoms with van der Waals surface area (Å²) in [7, 11) is 0. The van der Waals surface area contributed by atoms with Crippen LogP contribution in [0.1, 0.15) is 73.6 Å². The lowest BCUT2D eigenvalue weighted by molar-refractivity contribution is 0.302. The molecule has 0 radical (unpaired) electrons. The van der Waals surface area contributed by atoms with Gasteiger partial charge >= 0.3 is 0 Å². The summed E-state index contributed by atoms with van der Waals surface area (Å²) in [5.74, 6) is 3.64. The van der Waals surface area contributed by atoms with Crippen molar-refractivity contribution in [1.82, 2.24) is 0 Å². The Kier molecular flexibility index (Phi) is 8.19. The predicted molar refractivity (Wildman–Crippen MR) is 71.1 cm³/mol. The normalized spacial score (nSPS) is 19.6. The SMILES string of the molecule is CCC(C)C(C)CCCC(C)C(C)CC. The van der Waals surface area contributed by atoms with Gasteiger partial charge in [-0.15, -0.1) is 0 Å². The fraction of sp³-hybridized carbons (Fsp3) is 1.00. The highest BCUT2D eigenvalue weighted by atomic mass is 14.2. The number of hydrogen-bond donors (Lipinski definition) is 0. The molecule has 0 amide bonds.